The van der Waals surface area contributed by atoms with Crippen LogP contribution in [0.1, 0.15) is 24.1 Å². The van der Waals surface area contributed by atoms with E-state index in [9.17, 15) is 4.79 Å². The minimum absolute atomic E-state index is 0.235. The fourth-order valence-electron chi connectivity index (χ4n) is 1.84. The number of amides is 1. The molecular weight excluding hydrogens is 240 g/mol. The highest BCUT2D eigenvalue weighted by Gasteiger charge is 2.17. The predicted molar refractivity (Wildman–Crippen MR) is 74.6 cm³/mol. The molecule has 0 spiro atoms. The summed E-state index contributed by atoms with van der Waals surface area (Å²) in [4.78, 5) is 12.0. The quantitative estimate of drug-likeness (QED) is 0.875. The molecule has 1 aromatic carbocycles. The average Bonchev–Trinajstić information content (AvgIpc) is 2.84. The van der Waals surface area contributed by atoms with Crippen LogP contribution in [0.5, 0.6) is 0 Å². The van der Waals surface area contributed by atoms with Gasteiger partial charge >= 0.3 is 0 Å². The lowest BCUT2D eigenvalue weighted by Gasteiger charge is -2.11. The lowest BCUT2D eigenvalue weighted by atomic mass is 10.1. The van der Waals surface area contributed by atoms with Gasteiger partial charge in [0, 0.05) is 24.5 Å². The summed E-state index contributed by atoms with van der Waals surface area (Å²) in [6, 6.07) is 7.04. The van der Waals surface area contributed by atoms with Crippen LogP contribution in [0.3, 0.4) is 0 Å². The highest BCUT2D eigenvalue weighted by Crippen LogP contribution is 2.15. The molecule has 0 aliphatic carbocycles. The van der Waals surface area contributed by atoms with Crippen molar-refractivity contribution in [3.05, 3.63) is 47.8 Å². The smallest absolute Gasteiger partial charge is 0.246 e. The molecule has 1 aromatic heterocycles. The van der Waals surface area contributed by atoms with Crippen molar-refractivity contribution in [2.24, 2.45) is 12.8 Å². The Hall–Kier alpha value is -2.14. The van der Waals surface area contributed by atoms with Crippen molar-refractivity contribution in [2.45, 2.75) is 19.4 Å². The maximum absolute atomic E-state index is 12.0. The molecule has 2 rings (SSSR count). The minimum Gasteiger partial charge on any atom is -0.324 e. The molecule has 0 fully saturated rings. The molecule has 5 heteroatoms. The number of anilines is 1. The molecule has 0 radical (unpaired) electrons. The van der Waals surface area contributed by atoms with E-state index < -0.39 is 6.04 Å². The van der Waals surface area contributed by atoms with Gasteiger partial charge in [-0.05, 0) is 24.1 Å². The molecule has 1 amide bonds. The molecule has 3 N–H and O–H groups in total. The summed E-state index contributed by atoms with van der Waals surface area (Å²) >= 11 is 0. The Kier molecular flexibility index (Phi) is 3.97. The van der Waals surface area contributed by atoms with Crippen molar-refractivity contribution in [1.29, 1.82) is 0 Å². The van der Waals surface area contributed by atoms with Crippen molar-refractivity contribution < 1.29 is 4.79 Å². The monoisotopic (exact) mass is 258 g/mol. The number of carbonyl (C=O) groups excluding carboxylic acids is 1. The van der Waals surface area contributed by atoms with Crippen LogP contribution in [0.2, 0.25) is 0 Å². The Labute approximate surface area is 112 Å². The van der Waals surface area contributed by atoms with E-state index in [-0.39, 0.29) is 5.91 Å². The van der Waals surface area contributed by atoms with Crippen LogP contribution < -0.4 is 11.1 Å². The second-order valence-corrected chi connectivity index (χ2v) is 4.47. The molecule has 0 saturated heterocycles. The zero-order valence-electron chi connectivity index (χ0n) is 11.1. The standard InChI is InChI=1S/C14H18N4O/c1-3-10-5-4-6-12(7-10)17-14(19)13(15)11-8-16-18(2)9-11/h4-9,13H,3,15H2,1-2H3,(H,17,19). The summed E-state index contributed by atoms with van der Waals surface area (Å²) in [5, 5.41) is 6.83. The lowest BCUT2D eigenvalue weighted by molar-refractivity contribution is -0.117. The number of hydrogen-bond donors (Lipinski definition) is 2. The number of nitrogens with zero attached hydrogens (tertiary/aromatic N) is 2. The topological polar surface area (TPSA) is 72.9 Å². The molecule has 19 heavy (non-hydrogen) atoms. The van der Waals surface area contributed by atoms with Gasteiger partial charge in [-0.2, -0.15) is 5.10 Å². The summed E-state index contributed by atoms with van der Waals surface area (Å²) in [7, 11) is 1.79. The molecular formula is C14H18N4O. The molecule has 0 aliphatic rings. The molecule has 0 bridgehead atoms. The Balaban J connectivity index is 2.08. The first-order valence-corrected chi connectivity index (χ1v) is 6.24. The van der Waals surface area contributed by atoms with Crippen LogP contribution in [0, 0.1) is 0 Å². The van der Waals surface area contributed by atoms with E-state index >= 15 is 0 Å². The first-order chi connectivity index (χ1) is 9.10. The third-order valence-corrected chi connectivity index (χ3v) is 2.97. The van der Waals surface area contributed by atoms with Crippen LogP contribution >= 0.6 is 0 Å². The molecule has 0 aliphatic heterocycles. The fourth-order valence-corrected chi connectivity index (χ4v) is 1.84. The zero-order chi connectivity index (χ0) is 13.8. The lowest BCUT2D eigenvalue weighted by Crippen LogP contribution is -2.27. The van der Waals surface area contributed by atoms with Crippen molar-refractivity contribution in [3.8, 4) is 0 Å². The average molecular weight is 258 g/mol. The van der Waals surface area contributed by atoms with Gasteiger partial charge in [-0.15, -0.1) is 0 Å². The SMILES string of the molecule is CCc1cccc(NC(=O)C(N)c2cnn(C)c2)c1. The highest BCUT2D eigenvalue weighted by atomic mass is 16.2. The largest absolute Gasteiger partial charge is 0.324 e. The van der Waals surface area contributed by atoms with Crippen molar-refractivity contribution in [1.82, 2.24) is 9.78 Å². The first-order valence-electron chi connectivity index (χ1n) is 6.24. The van der Waals surface area contributed by atoms with E-state index in [1.54, 1.807) is 24.1 Å². The number of aryl methyl sites for hydroxylation is 2. The van der Waals surface area contributed by atoms with Crippen LogP contribution in [-0.4, -0.2) is 15.7 Å². The third kappa shape index (κ3) is 3.20. The Morgan fingerprint density at radius 3 is 2.95 bits per heavy atom. The number of carbonyl (C=O) groups is 1. The summed E-state index contributed by atoms with van der Waals surface area (Å²) in [5.74, 6) is -0.235. The number of nitrogens with two attached hydrogens (primary N) is 1. The van der Waals surface area contributed by atoms with Crippen molar-refractivity contribution in [2.75, 3.05) is 5.32 Å². The van der Waals surface area contributed by atoms with Crippen LogP contribution in [0.25, 0.3) is 0 Å². The van der Waals surface area contributed by atoms with Crippen molar-refractivity contribution >= 4 is 11.6 Å². The van der Waals surface area contributed by atoms with Gasteiger partial charge in [0.05, 0.1) is 6.20 Å². The maximum atomic E-state index is 12.0. The van der Waals surface area contributed by atoms with Gasteiger partial charge in [-0.25, -0.2) is 0 Å². The number of rotatable bonds is 4. The van der Waals surface area contributed by atoms with Gasteiger partial charge in [0.25, 0.3) is 0 Å². The van der Waals surface area contributed by atoms with Crippen LogP contribution in [0.4, 0.5) is 5.69 Å². The highest BCUT2D eigenvalue weighted by molar-refractivity contribution is 5.95. The first kappa shape index (κ1) is 13.3. The molecule has 1 unspecified atom stereocenters. The van der Waals surface area contributed by atoms with E-state index in [1.807, 2.05) is 24.3 Å². The Bertz CT molecular complexity index is 576. The Morgan fingerprint density at radius 1 is 1.53 bits per heavy atom. The van der Waals surface area contributed by atoms with Gasteiger partial charge in [0.2, 0.25) is 5.91 Å². The van der Waals surface area contributed by atoms with E-state index in [2.05, 4.69) is 17.3 Å². The van der Waals surface area contributed by atoms with Gasteiger partial charge in [-0.3, -0.25) is 9.48 Å². The van der Waals surface area contributed by atoms with Gasteiger partial charge in [-0.1, -0.05) is 19.1 Å². The van der Waals surface area contributed by atoms with Gasteiger partial charge in [0.1, 0.15) is 6.04 Å². The second kappa shape index (κ2) is 5.67. The predicted octanol–water partition coefficient (Wildman–Crippen LogP) is 1.62. The zero-order valence-corrected chi connectivity index (χ0v) is 11.1. The summed E-state index contributed by atoms with van der Waals surface area (Å²) in [5.41, 5.74) is 8.55. The summed E-state index contributed by atoms with van der Waals surface area (Å²) < 4.78 is 1.63. The summed E-state index contributed by atoms with van der Waals surface area (Å²) in [6.07, 6.45) is 4.28. The maximum Gasteiger partial charge on any atom is 0.246 e. The van der Waals surface area contributed by atoms with E-state index in [4.69, 9.17) is 5.73 Å². The number of benzene rings is 1. The van der Waals surface area contributed by atoms with Gasteiger partial charge < -0.3 is 11.1 Å². The normalized spacial score (nSPS) is 12.2. The number of hydrogen-bond acceptors (Lipinski definition) is 3. The number of nitrogens with one attached hydrogen (secondary N) is 1. The third-order valence-electron chi connectivity index (χ3n) is 2.97. The summed E-state index contributed by atoms with van der Waals surface area (Å²) in [6.45, 7) is 2.07. The number of aromatic nitrogens is 2. The van der Waals surface area contributed by atoms with Crippen LogP contribution in [-0.2, 0) is 18.3 Å². The minimum atomic E-state index is -0.709. The molecule has 1 atom stereocenters. The molecule has 5 nitrogen and oxygen atoms in total. The fraction of sp³-hybridized carbons (Fsp3) is 0.286. The molecule has 100 valence electrons. The van der Waals surface area contributed by atoms with Crippen LogP contribution in [0.15, 0.2) is 36.7 Å². The molecule has 0 saturated carbocycles. The van der Waals surface area contributed by atoms with E-state index in [0.29, 0.717) is 5.56 Å². The Morgan fingerprint density at radius 2 is 2.32 bits per heavy atom. The van der Waals surface area contributed by atoms with E-state index in [0.717, 1.165) is 12.1 Å². The molecule has 1 heterocycles. The van der Waals surface area contributed by atoms with E-state index in [1.165, 1.54) is 5.56 Å². The van der Waals surface area contributed by atoms with Crippen molar-refractivity contribution in [3.63, 3.8) is 0 Å². The molecule has 2 aromatic rings. The van der Waals surface area contributed by atoms with Gasteiger partial charge in [0.15, 0.2) is 0 Å². The second-order valence-electron chi connectivity index (χ2n) is 4.47.